The van der Waals surface area contributed by atoms with E-state index in [1.165, 1.54) is 6.42 Å². The van der Waals surface area contributed by atoms with E-state index in [9.17, 15) is 4.79 Å². The van der Waals surface area contributed by atoms with Gasteiger partial charge in [-0.25, -0.2) is 4.98 Å². The molecule has 2 rings (SSSR count). The molecule has 1 aromatic heterocycles. The zero-order valence-electron chi connectivity index (χ0n) is 10.2. The van der Waals surface area contributed by atoms with Gasteiger partial charge in [0.25, 0.3) is 0 Å². The van der Waals surface area contributed by atoms with Gasteiger partial charge in [-0.05, 0) is 31.7 Å². The van der Waals surface area contributed by atoms with Crippen LogP contribution in [0.25, 0.3) is 0 Å². The Morgan fingerprint density at radius 1 is 1.71 bits per heavy atom. The van der Waals surface area contributed by atoms with Gasteiger partial charge in [0.05, 0.1) is 6.04 Å². The van der Waals surface area contributed by atoms with Gasteiger partial charge in [-0.1, -0.05) is 6.42 Å². The van der Waals surface area contributed by atoms with Crippen molar-refractivity contribution in [1.82, 2.24) is 15.3 Å². The minimum atomic E-state index is -0.0765. The number of nitrogens with two attached hydrogens (primary N) is 1. The van der Waals surface area contributed by atoms with Crippen molar-refractivity contribution in [3.63, 3.8) is 0 Å². The van der Waals surface area contributed by atoms with Gasteiger partial charge in [0, 0.05) is 18.8 Å². The third kappa shape index (κ3) is 2.66. The van der Waals surface area contributed by atoms with E-state index in [0.29, 0.717) is 13.0 Å². The largest absolute Gasteiger partial charge is 0.347 e. The Kier molecular flexibility index (Phi) is 3.47. The van der Waals surface area contributed by atoms with Crippen molar-refractivity contribution >= 4 is 5.91 Å². The molecule has 5 nitrogen and oxygen atoms in total. The van der Waals surface area contributed by atoms with Crippen LogP contribution >= 0.6 is 0 Å². The highest BCUT2D eigenvalue weighted by molar-refractivity contribution is 5.77. The highest BCUT2D eigenvalue weighted by Crippen LogP contribution is 2.42. The summed E-state index contributed by atoms with van der Waals surface area (Å²) >= 11 is 0. The molecule has 5 heteroatoms. The number of nitrogens with one attached hydrogen (secondary N) is 2. The first-order chi connectivity index (χ1) is 8.15. The van der Waals surface area contributed by atoms with Gasteiger partial charge in [-0.3, -0.25) is 4.79 Å². The molecule has 1 atom stereocenters. The molecule has 0 saturated heterocycles. The fraction of sp³-hybridized carbons (Fsp3) is 0.667. The molecule has 94 valence electrons. The maximum Gasteiger partial charge on any atom is 0.221 e. The molecule has 17 heavy (non-hydrogen) atoms. The molecule has 0 radical (unpaired) electrons. The van der Waals surface area contributed by atoms with Crippen molar-refractivity contribution in [2.24, 2.45) is 11.1 Å². The Morgan fingerprint density at radius 3 is 2.94 bits per heavy atom. The normalized spacial score (nSPS) is 19.4. The molecule has 0 aliphatic heterocycles. The minimum absolute atomic E-state index is 0.0625. The second kappa shape index (κ2) is 4.87. The molecule has 1 aliphatic carbocycles. The Morgan fingerprint density at radius 2 is 2.47 bits per heavy atom. The standard InChI is InChI=1S/C12H20N4O/c1-9(11-14-5-6-15-11)16-10(17)7-12(8-13)3-2-4-12/h5-6,9H,2-4,7-8,13H2,1H3,(H,14,15)(H,16,17). The second-order valence-electron chi connectivity index (χ2n) is 5.00. The van der Waals surface area contributed by atoms with Crippen LogP contribution in [0.2, 0.25) is 0 Å². The maximum absolute atomic E-state index is 11.9. The molecular weight excluding hydrogens is 216 g/mol. The minimum Gasteiger partial charge on any atom is -0.347 e. The van der Waals surface area contributed by atoms with Crippen LogP contribution < -0.4 is 11.1 Å². The number of imidazole rings is 1. The van der Waals surface area contributed by atoms with E-state index < -0.39 is 0 Å². The predicted octanol–water partition coefficient (Wildman–Crippen LogP) is 1.11. The summed E-state index contributed by atoms with van der Waals surface area (Å²) in [7, 11) is 0. The van der Waals surface area contributed by atoms with Crippen LogP contribution in [-0.2, 0) is 4.79 Å². The first-order valence-electron chi connectivity index (χ1n) is 6.14. The number of H-pyrrole nitrogens is 1. The summed E-state index contributed by atoms with van der Waals surface area (Å²) in [4.78, 5) is 19.0. The van der Waals surface area contributed by atoms with Gasteiger partial charge < -0.3 is 16.0 Å². The van der Waals surface area contributed by atoms with E-state index in [1.54, 1.807) is 12.4 Å². The monoisotopic (exact) mass is 236 g/mol. The molecule has 1 saturated carbocycles. The van der Waals surface area contributed by atoms with E-state index >= 15 is 0 Å². The zero-order chi connectivity index (χ0) is 12.3. The van der Waals surface area contributed by atoms with Crippen molar-refractivity contribution < 1.29 is 4.79 Å². The summed E-state index contributed by atoms with van der Waals surface area (Å²) < 4.78 is 0. The van der Waals surface area contributed by atoms with E-state index in [4.69, 9.17) is 5.73 Å². The SMILES string of the molecule is CC(NC(=O)CC1(CN)CCC1)c1ncc[nH]1. The summed E-state index contributed by atoms with van der Waals surface area (Å²) in [6.07, 6.45) is 7.32. The van der Waals surface area contributed by atoms with Crippen molar-refractivity contribution in [3.8, 4) is 0 Å². The zero-order valence-corrected chi connectivity index (χ0v) is 10.2. The topological polar surface area (TPSA) is 83.8 Å². The summed E-state index contributed by atoms with van der Waals surface area (Å²) in [5, 5.41) is 2.95. The van der Waals surface area contributed by atoms with Gasteiger partial charge in [0.2, 0.25) is 5.91 Å². The van der Waals surface area contributed by atoms with Crippen LogP contribution in [0.3, 0.4) is 0 Å². The number of amides is 1. The molecule has 0 bridgehead atoms. The molecule has 0 aromatic carbocycles. The van der Waals surface area contributed by atoms with Crippen molar-refractivity contribution in [3.05, 3.63) is 18.2 Å². The number of hydrogen-bond acceptors (Lipinski definition) is 3. The third-order valence-corrected chi connectivity index (χ3v) is 3.69. The van der Waals surface area contributed by atoms with Gasteiger partial charge in [-0.2, -0.15) is 0 Å². The Hall–Kier alpha value is -1.36. The van der Waals surface area contributed by atoms with Crippen LogP contribution in [-0.4, -0.2) is 22.4 Å². The number of carbonyl (C=O) groups excluding carboxylic acids is 1. The molecule has 0 spiro atoms. The molecule has 1 heterocycles. The van der Waals surface area contributed by atoms with Gasteiger partial charge >= 0.3 is 0 Å². The van der Waals surface area contributed by atoms with Crippen LogP contribution in [0.4, 0.5) is 0 Å². The smallest absolute Gasteiger partial charge is 0.221 e. The highest BCUT2D eigenvalue weighted by Gasteiger charge is 2.37. The van der Waals surface area contributed by atoms with E-state index in [1.807, 2.05) is 6.92 Å². The summed E-state index contributed by atoms with van der Waals surface area (Å²) in [5.41, 5.74) is 5.81. The molecule has 4 N–H and O–H groups in total. The molecule has 1 unspecified atom stereocenters. The predicted molar refractivity (Wildman–Crippen MR) is 65.1 cm³/mol. The lowest BCUT2D eigenvalue weighted by Gasteiger charge is -2.40. The number of carbonyl (C=O) groups is 1. The lowest BCUT2D eigenvalue weighted by molar-refractivity contribution is -0.125. The average molecular weight is 236 g/mol. The first-order valence-corrected chi connectivity index (χ1v) is 6.14. The number of aromatic amines is 1. The molecule has 1 fully saturated rings. The van der Waals surface area contributed by atoms with Crippen LogP contribution in [0.5, 0.6) is 0 Å². The summed E-state index contributed by atoms with van der Waals surface area (Å²) in [5.74, 6) is 0.854. The number of aromatic nitrogens is 2. The van der Waals surface area contributed by atoms with Crippen LogP contribution in [0.1, 0.15) is 44.5 Å². The van der Waals surface area contributed by atoms with Crippen molar-refractivity contribution in [2.45, 2.75) is 38.6 Å². The van der Waals surface area contributed by atoms with Crippen LogP contribution in [0, 0.1) is 5.41 Å². The molecular formula is C12H20N4O. The fourth-order valence-corrected chi connectivity index (χ4v) is 2.35. The summed E-state index contributed by atoms with van der Waals surface area (Å²) in [6, 6.07) is -0.0765. The van der Waals surface area contributed by atoms with Gasteiger partial charge in [0.15, 0.2) is 0 Å². The number of rotatable bonds is 5. The first kappa shape index (κ1) is 12.1. The fourth-order valence-electron chi connectivity index (χ4n) is 2.35. The highest BCUT2D eigenvalue weighted by atomic mass is 16.1. The van der Waals surface area contributed by atoms with Gasteiger partial charge in [-0.15, -0.1) is 0 Å². The van der Waals surface area contributed by atoms with Crippen molar-refractivity contribution in [1.29, 1.82) is 0 Å². The van der Waals surface area contributed by atoms with E-state index in [2.05, 4.69) is 15.3 Å². The lowest BCUT2D eigenvalue weighted by atomic mass is 9.66. The average Bonchev–Trinajstić information content (AvgIpc) is 2.76. The second-order valence-corrected chi connectivity index (χ2v) is 5.00. The van der Waals surface area contributed by atoms with Crippen LogP contribution in [0.15, 0.2) is 12.4 Å². The van der Waals surface area contributed by atoms with Crippen molar-refractivity contribution in [2.75, 3.05) is 6.54 Å². The van der Waals surface area contributed by atoms with E-state index in [0.717, 1.165) is 18.7 Å². The number of hydrogen-bond donors (Lipinski definition) is 3. The van der Waals surface area contributed by atoms with E-state index in [-0.39, 0.29) is 17.4 Å². The Balaban J connectivity index is 1.85. The quantitative estimate of drug-likeness (QED) is 0.716. The lowest BCUT2D eigenvalue weighted by Crippen LogP contribution is -2.42. The Bertz CT molecular complexity index is 364. The third-order valence-electron chi connectivity index (χ3n) is 3.69. The van der Waals surface area contributed by atoms with Gasteiger partial charge in [0.1, 0.15) is 5.82 Å². The Labute approximate surface area is 101 Å². The molecule has 1 aromatic rings. The molecule has 1 amide bonds. The molecule has 1 aliphatic rings. The maximum atomic E-state index is 11.9. The number of nitrogens with zero attached hydrogens (tertiary/aromatic N) is 1. The summed E-state index contributed by atoms with van der Waals surface area (Å²) in [6.45, 7) is 2.53.